The molecule has 8 heteroatoms. The first-order valence-electron chi connectivity index (χ1n) is 11.6. The molecule has 0 bridgehead atoms. The highest BCUT2D eigenvalue weighted by molar-refractivity contribution is 5.69. The minimum Gasteiger partial charge on any atom is -0.497 e. The Kier molecular flexibility index (Phi) is 9.85. The minimum absolute atomic E-state index is 0.120. The summed E-state index contributed by atoms with van der Waals surface area (Å²) in [5.74, 6) is -0.338. The molecule has 0 unspecified atom stereocenters. The van der Waals surface area contributed by atoms with Crippen LogP contribution in [0.3, 0.4) is 0 Å². The van der Waals surface area contributed by atoms with Crippen molar-refractivity contribution in [1.82, 2.24) is 9.80 Å². The van der Waals surface area contributed by atoms with Gasteiger partial charge in [-0.1, -0.05) is 48.5 Å². The molecule has 2 N–H and O–H groups in total. The molecule has 0 saturated carbocycles. The fraction of sp³-hybridized carbons (Fsp3) is 0.286. The van der Waals surface area contributed by atoms with Crippen molar-refractivity contribution >= 4 is 11.9 Å². The van der Waals surface area contributed by atoms with Gasteiger partial charge >= 0.3 is 11.9 Å². The van der Waals surface area contributed by atoms with Gasteiger partial charge < -0.3 is 19.7 Å². The van der Waals surface area contributed by atoms with Crippen molar-refractivity contribution < 1.29 is 29.3 Å². The summed E-state index contributed by atoms with van der Waals surface area (Å²) in [6.45, 7) is 1.50. The number of hydrogen-bond acceptors (Lipinski definition) is 6. The summed E-state index contributed by atoms with van der Waals surface area (Å²) in [6.07, 6.45) is 0. The number of hydrogen-bond donors (Lipinski definition) is 2. The third kappa shape index (κ3) is 8.41. The molecule has 3 rings (SSSR count). The van der Waals surface area contributed by atoms with E-state index in [9.17, 15) is 19.8 Å². The molecule has 8 nitrogen and oxygen atoms in total. The lowest BCUT2D eigenvalue weighted by Gasteiger charge is -2.25. The smallest absolute Gasteiger partial charge is 0.317 e. The van der Waals surface area contributed by atoms with Gasteiger partial charge in [-0.05, 0) is 46.5 Å². The first-order chi connectivity index (χ1) is 17.4. The van der Waals surface area contributed by atoms with Gasteiger partial charge in [-0.25, -0.2) is 0 Å². The van der Waals surface area contributed by atoms with E-state index in [1.807, 2.05) is 82.6 Å². The second-order valence-electron chi connectivity index (χ2n) is 8.54. The maximum Gasteiger partial charge on any atom is 0.317 e. The van der Waals surface area contributed by atoms with Crippen molar-refractivity contribution in [1.29, 1.82) is 0 Å². The zero-order valence-corrected chi connectivity index (χ0v) is 20.6. The number of carboxylic acids is 2. The van der Waals surface area contributed by atoms with Crippen LogP contribution in [0.2, 0.25) is 0 Å². The molecule has 190 valence electrons. The highest BCUT2D eigenvalue weighted by Gasteiger charge is 2.17. The van der Waals surface area contributed by atoms with E-state index in [0.717, 1.165) is 33.8 Å². The molecule has 0 radical (unpaired) electrons. The van der Waals surface area contributed by atoms with Crippen LogP contribution in [0.15, 0.2) is 72.8 Å². The van der Waals surface area contributed by atoms with Crippen LogP contribution >= 0.6 is 0 Å². The number of carbonyl (C=O) groups is 2. The second-order valence-corrected chi connectivity index (χ2v) is 8.54. The van der Waals surface area contributed by atoms with Gasteiger partial charge in [0.25, 0.3) is 0 Å². The Morgan fingerprint density at radius 1 is 0.611 bits per heavy atom. The van der Waals surface area contributed by atoms with Crippen LogP contribution in [-0.4, -0.2) is 59.3 Å². The van der Waals surface area contributed by atoms with E-state index in [0.29, 0.717) is 26.2 Å². The molecule has 0 aliphatic rings. The normalized spacial score (nSPS) is 11.0. The topological polar surface area (TPSA) is 99.5 Å². The summed E-state index contributed by atoms with van der Waals surface area (Å²) in [5, 5.41) is 19.0. The zero-order valence-electron chi connectivity index (χ0n) is 20.6. The van der Waals surface area contributed by atoms with Crippen LogP contribution < -0.4 is 9.47 Å². The van der Waals surface area contributed by atoms with Crippen LogP contribution in [0, 0.1) is 0 Å². The van der Waals surface area contributed by atoms with Crippen LogP contribution in [0.25, 0.3) is 0 Å². The summed E-state index contributed by atoms with van der Waals surface area (Å²) in [4.78, 5) is 26.9. The highest BCUT2D eigenvalue weighted by atomic mass is 16.5. The summed E-state index contributed by atoms with van der Waals surface area (Å²) in [6, 6.07) is 22.8. The van der Waals surface area contributed by atoms with Crippen LogP contribution in [0.4, 0.5) is 0 Å². The molecule has 0 aromatic heterocycles. The van der Waals surface area contributed by atoms with Crippen molar-refractivity contribution in [3.8, 4) is 11.5 Å². The van der Waals surface area contributed by atoms with E-state index in [1.165, 1.54) is 0 Å². The largest absolute Gasteiger partial charge is 0.497 e. The maximum atomic E-state index is 11.6. The van der Waals surface area contributed by atoms with E-state index in [2.05, 4.69) is 0 Å². The van der Waals surface area contributed by atoms with Gasteiger partial charge in [0.2, 0.25) is 0 Å². The van der Waals surface area contributed by atoms with Crippen LogP contribution in [0.1, 0.15) is 22.3 Å². The maximum absolute atomic E-state index is 11.6. The summed E-state index contributed by atoms with van der Waals surface area (Å²) in [5.41, 5.74) is 3.86. The number of aliphatic carboxylic acids is 2. The Labute approximate surface area is 211 Å². The van der Waals surface area contributed by atoms with Gasteiger partial charge in [0.15, 0.2) is 0 Å². The standard InChI is InChI=1S/C28H32N2O6/c1-35-25-11-7-21(8-12-25)15-29(19-27(31)32)17-23-5-3-4-6-24(23)18-30(20-28(33)34)16-22-9-13-26(36-2)14-10-22/h3-14H,15-20H2,1-2H3,(H,31,32)(H,33,34). The number of ether oxygens (including phenoxy) is 2. The molecule has 0 atom stereocenters. The van der Waals surface area contributed by atoms with E-state index in [1.54, 1.807) is 14.2 Å². The molecule has 0 fully saturated rings. The van der Waals surface area contributed by atoms with Gasteiger partial charge in [-0.3, -0.25) is 19.4 Å². The Morgan fingerprint density at radius 3 is 1.28 bits per heavy atom. The Bertz CT molecular complexity index is 1040. The first-order valence-corrected chi connectivity index (χ1v) is 11.6. The minimum atomic E-state index is -0.909. The van der Waals surface area contributed by atoms with Crippen LogP contribution in [0.5, 0.6) is 11.5 Å². The zero-order chi connectivity index (χ0) is 25.9. The molecule has 0 amide bonds. The van der Waals surface area contributed by atoms with Crippen molar-refractivity contribution in [3.05, 3.63) is 95.1 Å². The second kappa shape index (κ2) is 13.3. The Hall–Kier alpha value is -3.88. The third-order valence-corrected chi connectivity index (χ3v) is 5.75. The number of benzene rings is 3. The van der Waals surface area contributed by atoms with Gasteiger partial charge in [-0.15, -0.1) is 0 Å². The lowest BCUT2D eigenvalue weighted by molar-refractivity contribution is -0.139. The van der Waals surface area contributed by atoms with Crippen molar-refractivity contribution in [2.75, 3.05) is 27.3 Å². The number of methoxy groups -OCH3 is 2. The predicted molar refractivity (Wildman–Crippen MR) is 136 cm³/mol. The molecular weight excluding hydrogens is 460 g/mol. The number of carboxylic acid groups (broad SMARTS) is 2. The lowest BCUT2D eigenvalue weighted by atomic mass is 10.1. The quantitative estimate of drug-likeness (QED) is 0.350. The van der Waals surface area contributed by atoms with Gasteiger partial charge in [0, 0.05) is 26.2 Å². The molecule has 0 heterocycles. The Balaban J connectivity index is 1.78. The fourth-order valence-corrected chi connectivity index (χ4v) is 4.04. The molecule has 0 saturated heterocycles. The van der Waals surface area contributed by atoms with Gasteiger partial charge in [0.05, 0.1) is 27.3 Å². The monoisotopic (exact) mass is 492 g/mol. The molecule has 36 heavy (non-hydrogen) atoms. The van der Waals surface area contributed by atoms with E-state index in [-0.39, 0.29) is 13.1 Å². The van der Waals surface area contributed by atoms with Crippen LogP contribution in [-0.2, 0) is 35.8 Å². The molecule has 3 aromatic rings. The van der Waals surface area contributed by atoms with E-state index in [4.69, 9.17) is 9.47 Å². The van der Waals surface area contributed by atoms with Crippen molar-refractivity contribution in [2.24, 2.45) is 0 Å². The first kappa shape index (κ1) is 26.7. The molecule has 0 spiro atoms. The SMILES string of the molecule is COc1ccc(CN(CC(=O)O)Cc2ccccc2CN(CC(=O)O)Cc2ccc(OC)cc2)cc1. The van der Waals surface area contributed by atoms with E-state index >= 15 is 0 Å². The summed E-state index contributed by atoms with van der Waals surface area (Å²) < 4.78 is 10.4. The van der Waals surface area contributed by atoms with Gasteiger partial charge in [0.1, 0.15) is 11.5 Å². The van der Waals surface area contributed by atoms with Crippen molar-refractivity contribution in [3.63, 3.8) is 0 Å². The predicted octanol–water partition coefficient (Wildman–Crippen LogP) is 3.88. The molecular formula is C28H32N2O6. The number of rotatable bonds is 14. The molecule has 3 aromatic carbocycles. The summed E-state index contributed by atoms with van der Waals surface area (Å²) >= 11 is 0. The lowest BCUT2D eigenvalue weighted by Crippen LogP contribution is -2.31. The average molecular weight is 493 g/mol. The molecule has 0 aliphatic heterocycles. The fourth-order valence-electron chi connectivity index (χ4n) is 4.04. The Morgan fingerprint density at radius 2 is 0.972 bits per heavy atom. The van der Waals surface area contributed by atoms with E-state index < -0.39 is 11.9 Å². The third-order valence-electron chi connectivity index (χ3n) is 5.75. The van der Waals surface area contributed by atoms with Gasteiger partial charge in [-0.2, -0.15) is 0 Å². The molecule has 0 aliphatic carbocycles. The summed E-state index contributed by atoms with van der Waals surface area (Å²) in [7, 11) is 3.20. The number of nitrogens with zero attached hydrogens (tertiary/aromatic N) is 2. The average Bonchev–Trinajstić information content (AvgIpc) is 2.85. The highest BCUT2D eigenvalue weighted by Crippen LogP contribution is 2.20. The van der Waals surface area contributed by atoms with Crippen molar-refractivity contribution in [2.45, 2.75) is 26.2 Å².